The van der Waals surface area contributed by atoms with E-state index in [9.17, 15) is 22.4 Å². The van der Waals surface area contributed by atoms with Gasteiger partial charge in [0.2, 0.25) is 5.95 Å². The number of nitrogens with zero attached hydrogens (tertiary/aromatic N) is 3. The van der Waals surface area contributed by atoms with Crippen molar-refractivity contribution in [3.8, 4) is 17.6 Å². The first kappa shape index (κ1) is 26.9. The van der Waals surface area contributed by atoms with Crippen molar-refractivity contribution in [3.05, 3.63) is 76.9 Å². The van der Waals surface area contributed by atoms with Gasteiger partial charge < -0.3 is 15.8 Å². The molecule has 0 saturated carbocycles. The quantitative estimate of drug-likeness (QED) is 0.368. The normalized spacial score (nSPS) is 15.9. The van der Waals surface area contributed by atoms with Crippen molar-refractivity contribution in [2.45, 2.75) is 32.0 Å². The zero-order valence-electron chi connectivity index (χ0n) is 20.5. The number of nitrogens with one attached hydrogen (secondary N) is 1. The Labute approximate surface area is 217 Å². The third kappa shape index (κ3) is 6.77. The number of benzene rings is 2. The lowest BCUT2D eigenvalue weighted by molar-refractivity contribution is -0.137. The van der Waals surface area contributed by atoms with Crippen molar-refractivity contribution in [3.63, 3.8) is 0 Å². The van der Waals surface area contributed by atoms with E-state index in [4.69, 9.17) is 10.5 Å². The van der Waals surface area contributed by atoms with E-state index in [2.05, 4.69) is 32.0 Å². The summed E-state index contributed by atoms with van der Waals surface area (Å²) < 4.78 is 60.9. The van der Waals surface area contributed by atoms with E-state index in [-0.39, 0.29) is 29.1 Å². The lowest BCUT2D eigenvalue weighted by atomic mass is 10.1. The van der Waals surface area contributed by atoms with E-state index in [0.29, 0.717) is 17.7 Å². The van der Waals surface area contributed by atoms with Gasteiger partial charge in [0.25, 0.3) is 5.91 Å². The third-order valence-electron chi connectivity index (χ3n) is 5.99. The molecule has 3 aromatic rings. The lowest BCUT2D eigenvalue weighted by Gasteiger charge is -2.32. The van der Waals surface area contributed by atoms with Gasteiger partial charge in [-0.25, -0.2) is 14.4 Å². The Morgan fingerprint density at radius 1 is 1.16 bits per heavy atom. The molecule has 1 saturated heterocycles. The minimum Gasteiger partial charge on any atom is -0.487 e. The van der Waals surface area contributed by atoms with Crippen molar-refractivity contribution in [2.75, 3.05) is 30.7 Å². The van der Waals surface area contributed by atoms with Crippen LogP contribution in [0.4, 0.5) is 29.2 Å². The second kappa shape index (κ2) is 11.5. The molecule has 0 bridgehead atoms. The fourth-order valence-electron chi connectivity index (χ4n) is 4.00. The first-order chi connectivity index (χ1) is 18.1. The lowest BCUT2D eigenvalue weighted by Crippen LogP contribution is -2.41. The van der Waals surface area contributed by atoms with Gasteiger partial charge in [-0.1, -0.05) is 18.8 Å². The number of halogens is 4. The summed E-state index contributed by atoms with van der Waals surface area (Å²) in [7, 11) is 0. The summed E-state index contributed by atoms with van der Waals surface area (Å²) in [6.07, 6.45) is -0.485. The van der Waals surface area contributed by atoms with Gasteiger partial charge in [0.1, 0.15) is 17.7 Å². The van der Waals surface area contributed by atoms with Gasteiger partial charge in [-0.3, -0.25) is 9.69 Å². The van der Waals surface area contributed by atoms with Crippen LogP contribution in [0.25, 0.3) is 0 Å². The number of ether oxygens (including phenoxy) is 1. The Kier molecular flexibility index (Phi) is 8.12. The molecular weight excluding hydrogens is 502 g/mol. The average Bonchev–Trinajstić information content (AvgIpc) is 2.89. The number of rotatable bonds is 5. The zero-order chi connectivity index (χ0) is 27.3. The van der Waals surface area contributed by atoms with Crippen molar-refractivity contribution >= 4 is 17.5 Å². The van der Waals surface area contributed by atoms with E-state index < -0.39 is 23.5 Å². The van der Waals surface area contributed by atoms with Crippen LogP contribution >= 0.6 is 0 Å². The molecule has 4 rings (SSSR count). The Hall–Kier alpha value is -4.17. The minimum atomic E-state index is -4.64. The molecule has 1 fully saturated rings. The molecule has 1 atom stereocenters. The number of nitrogens with two attached hydrogens (primary N) is 1. The maximum Gasteiger partial charge on any atom is 0.416 e. The fraction of sp³-hybridized carbons (Fsp3) is 0.296. The topological polar surface area (TPSA) is 93.4 Å². The number of anilines is 2. The van der Waals surface area contributed by atoms with Gasteiger partial charge in [-0.15, -0.1) is 0 Å². The molecule has 0 unspecified atom stereocenters. The van der Waals surface area contributed by atoms with Crippen LogP contribution in [0, 0.1) is 17.7 Å². The highest BCUT2D eigenvalue weighted by Gasteiger charge is 2.32. The predicted octanol–water partition coefficient (Wildman–Crippen LogP) is 4.73. The van der Waals surface area contributed by atoms with E-state index in [1.807, 2.05) is 6.92 Å². The number of likely N-dealkylation sites (tertiary alicyclic amines) is 1. The number of amides is 1. The van der Waals surface area contributed by atoms with Crippen molar-refractivity contribution < 1.29 is 27.1 Å². The second-order valence-electron chi connectivity index (χ2n) is 8.71. The van der Waals surface area contributed by atoms with Gasteiger partial charge in [-0.2, -0.15) is 13.2 Å². The SMILES string of the molecule is CCN1CCC[C@@H](Oc2ccc(C(F)(F)F)cc2NC(=O)c2cc(C#Cc3cnc(N)nc3)ccc2F)C1. The molecule has 198 valence electrons. The summed E-state index contributed by atoms with van der Waals surface area (Å²) in [5.74, 6) is 3.92. The predicted molar refractivity (Wildman–Crippen MR) is 134 cm³/mol. The largest absolute Gasteiger partial charge is 0.487 e. The Morgan fingerprint density at radius 3 is 2.61 bits per heavy atom. The number of piperidine rings is 1. The van der Waals surface area contributed by atoms with Crippen LogP contribution in [-0.2, 0) is 6.18 Å². The van der Waals surface area contributed by atoms with Gasteiger partial charge in [-0.05, 0) is 62.3 Å². The molecule has 0 spiro atoms. The van der Waals surface area contributed by atoms with E-state index >= 15 is 0 Å². The smallest absolute Gasteiger partial charge is 0.416 e. The van der Waals surface area contributed by atoms with Crippen molar-refractivity contribution in [2.24, 2.45) is 0 Å². The molecule has 38 heavy (non-hydrogen) atoms. The molecule has 7 nitrogen and oxygen atoms in total. The summed E-state index contributed by atoms with van der Waals surface area (Å²) in [6.45, 7) is 4.36. The summed E-state index contributed by atoms with van der Waals surface area (Å²) in [6, 6.07) is 6.50. The van der Waals surface area contributed by atoms with Crippen LogP contribution in [0.2, 0.25) is 0 Å². The number of carbonyl (C=O) groups is 1. The number of alkyl halides is 3. The molecule has 2 aromatic carbocycles. The highest BCUT2D eigenvalue weighted by Crippen LogP contribution is 2.36. The number of hydrogen-bond donors (Lipinski definition) is 2. The Bertz CT molecular complexity index is 1370. The monoisotopic (exact) mass is 527 g/mol. The molecule has 1 amide bonds. The van der Waals surface area contributed by atoms with E-state index in [0.717, 1.165) is 44.1 Å². The molecule has 1 aliphatic heterocycles. The number of hydrogen-bond acceptors (Lipinski definition) is 6. The molecule has 1 aromatic heterocycles. The van der Waals surface area contributed by atoms with Crippen LogP contribution in [0.1, 0.15) is 46.8 Å². The van der Waals surface area contributed by atoms with Crippen LogP contribution in [0.3, 0.4) is 0 Å². The molecule has 0 aliphatic carbocycles. The van der Waals surface area contributed by atoms with Crippen LogP contribution in [0.5, 0.6) is 5.75 Å². The Morgan fingerprint density at radius 2 is 1.89 bits per heavy atom. The number of carbonyl (C=O) groups excluding carboxylic acids is 1. The van der Waals surface area contributed by atoms with Gasteiger partial charge in [0.15, 0.2) is 0 Å². The molecule has 2 heterocycles. The summed E-state index contributed by atoms with van der Waals surface area (Å²) in [5.41, 5.74) is 4.64. The standard InChI is InChI=1S/C27H25F4N5O2/c1-2-36-11-3-4-20(16-36)38-24-10-8-19(27(29,30)31)13-23(24)35-25(37)21-12-17(7-9-22(21)28)5-6-18-14-33-26(32)34-15-18/h7-10,12-15,20H,2-4,11,16H2,1H3,(H,35,37)(H2,32,33,34)/t20-/m1/s1. The summed E-state index contributed by atoms with van der Waals surface area (Å²) in [4.78, 5) is 22.9. The number of likely N-dealkylation sites (N-methyl/N-ethyl adjacent to an activating group) is 1. The first-order valence-corrected chi connectivity index (χ1v) is 11.9. The summed E-state index contributed by atoms with van der Waals surface area (Å²) in [5, 5.41) is 2.40. The average molecular weight is 528 g/mol. The maximum absolute atomic E-state index is 14.6. The minimum absolute atomic E-state index is 0.0778. The first-order valence-electron chi connectivity index (χ1n) is 11.9. The van der Waals surface area contributed by atoms with E-state index in [1.54, 1.807) is 0 Å². The van der Waals surface area contributed by atoms with Gasteiger partial charge >= 0.3 is 6.18 Å². The fourth-order valence-corrected chi connectivity index (χ4v) is 4.00. The van der Waals surface area contributed by atoms with E-state index in [1.165, 1.54) is 30.6 Å². The van der Waals surface area contributed by atoms with Crippen LogP contribution < -0.4 is 15.8 Å². The molecular formula is C27H25F4N5O2. The zero-order valence-corrected chi connectivity index (χ0v) is 20.5. The highest BCUT2D eigenvalue weighted by molar-refractivity contribution is 6.05. The number of nitrogen functional groups attached to an aromatic ring is 1. The van der Waals surface area contributed by atoms with Crippen LogP contribution in [-0.4, -0.2) is 46.5 Å². The van der Waals surface area contributed by atoms with Gasteiger partial charge in [0.05, 0.1) is 22.4 Å². The highest BCUT2D eigenvalue weighted by atomic mass is 19.4. The summed E-state index contributed by atoms with van der Waals surface area (Å²) >= 11 is 0. The molecule has 0 radical (unpaired) electrons. The molecule has 11 heteroatoms. The molecule has 1 aliphatic rings. The van der Waals surface area contributed by atoms with Gasteiger partial charge in [0, 0.05) is 24.5 Å². The second-order valence-corrected chi connectivity index (χ2v) is 8.71. The van der Waals surface area contributed by atoms with Crippen molar-refractivity contribution in [1.82, 2.24) is 14.9 Å². The number of aromatic nitrogens is 2. The maximum atomic E-state index is 14.6. The van der Waals surface area contributed by atoms with Crippen LogP contribution in [0.15, 0.2) is 48.8 Å². The third-order valence-corrected chi connectivity index (χ3v) is 5.99. The van der Waals surface area contributed by atoms with Crippen molar-refractivity contribution in [1.29, 1.82) is 0 Å². The molecule has 3 N–H and O–H groups in total. The Balaban J connectivity index is 1.60.